The van der Waals surface area contributed by atoms with Crippen molar-refractivity contribution in [2.45, 2.75) is 13.0 Å². The van der Waals surface area contributed by atoms with Gasteiger partial charge in [0.05, 0.1) is 12.7 Å². The second-order valence-electron chi connectivity index (χ2n) is 2.35. The van der Waals surface area contributed by atoms with E-state index in [1.165, 1.54) is 0 Å². The summed E-state index contributed by atoms with van der Waals surface area (Å²) in [5.74, 6) is 1.06. The molecule has 1 aromatic heterocycles. The predicted octanol–water partition coefficient (Wildman–Crippen LogP) is 1.08. The topological polar surface area (TPSA) is 16.2 Å². The van der Waals surface area contributed by atoms with Crippen LogP contribution in [0.4, 0.5) is 5.82 Å². The quantitative estimate of drug-likeness (QED) is 0.471. The largest absolute Gasteiger partial charge is 0.322 e. The molecule has 1 aliphatic rings. The van der Waals surface area contributed by atoms with Crippen molar-refractivity contribution in [3.8, 4) is 0 Å². The molecule has 0 saturated heterocycles. The zero-order chi connectivity index (χ0) is 6.81. The summed E-state index contributed by atoms with van der Waals surface area (Å²) in [5, 5.41) is 0. The summed E-state index contributed by atoms with van der Waals surface area (Å²) in [7, 11) is 0. The first-order valence-corrected chi connectivity index (χ1v) is 3.48. The SMILES string of the molecule is C1=Nc2cccc[n+]2CC1. The van der Waals surface area contributed by atoms with Gasteiger partial charge in [0.2, 0.25) is 0 Å². The molecule has 2 nitrogen and oxygen atoms in total. The lowest BCUT2D eigenvalue weighted by atomic mass is 10.3. The third-order valence-corrected chi connectivity index (χ3v) is 1.64. The van der Waals surface area contributed by atoms with Crippen LogP contribution in [0.5, 0.6) is 0 Å². The fourth-order valence-corrected chi connectivity index (χ4v) is 1.13. The van der Waals surface area contributed by atoms with Crippen LogP contribution in [-0.2, 0) is 6.54 Å². The number of hydrogen-bond acceptors (Lipinski definition) is 1. The van der Waals surface area contributed by atoms with Crippen LogP contribution in [0, 0.1) is 0 Å². The Hall–Kier alpha value is -1.18. The van der Waals surface area contributed by atoms with E-state index in [1.54, 1.807) is 0 Å². The number of rotatable bonds is 0. The van der Waals surface area contributed by atoms with E-state index in [0.717, 1.165) is 18.8 Å². The van der Waals surface area contributed by atoms with Gasteiger partial charge in [0.25, 0.3) is 0 Å². The van der Waals surface area contributed by atoms with Crippen molar-refractivity contribution in [1.29, 1.82) is 0 Å². The highest BCUT2D eigenvalue weighted by Crippen LogP contribution is 2.05. The van der Waals surface area contributed by atoms with Crippen molar-refractivity contribution in [3.63, 3.8) is 0 Å². The molecule has 0 saturated carbocycles. The average Bonchev–Trinajstić information content (AvgIpc) is 2.05. The number of aromatic nitrogens is 1. The summed E-state index contributed by atoms with van der Waals surface area (Å²) in [6, 6.07) is 6.06. The molecular weight excluding hydrogens is 124 g/mol. The van der Waals surface area contributed by atoms with Gasteiger partial charge in [-0.25, -0.2) is 4.57 Å². The van der Waals surface area contributed by atoms with Crippen LogP contribution in [-0.4, -0.2) is 6.21 Å². The van der Waals surface area contributed by atoms with Crippen molar-refractivity contribution in [2.75, 3.05) is 0 Å². The Labute approximate surface area is 59.8 Å². The molecule has 2 heteroatoms. The smallest absolute Gasteiger partial charge is 0.231 e. The first-order valence-electron chi connectivity index (χ1n) is 3.48. The molecule has 1 aliphatic heterocycles. The lowest BCUT2D eigenvalue weighted by Gasteiger charge is -2.01. The first-order chi connectivity index (χ1) is 4.97. The Morgan fingerprint density at radius 2 is 2.40 bits per heavy atom. The minimum Gasteiger partial charge on any atom is -0.231 e. The Morgan fingerprint density at radius 3 is 3.30 bits per heavy atom. The lowest BCUT2D eigenvalue weighted by molar-refractivity contribution is -0.684. The van der Waals surface area contributed by atoms with E-state index >= 15 is 0 Å². The monoisotopic (exact) mass is 133 g/mol. The summed E-state index contributed by atoms with van der Waals surface area (Å²) in [6.45, 7) is 1.07. The van der Waals surface area contributed by atoms with Gasteiger partial charge in [-0.15, -0.1) is 0 Å². The zero-order valence-electron chi connectivity index (χ0n) is 5.70. The molecule has 2 heterocycles. The van der Waals surface area contributed by atoms with Gasteiger partial charge < -0.3 is 0 Å². The predicted molar refractivity (Wildman–Crippen MR) is 39.4 cm³/mol. The van der Waals surface area contributed by atoms with E-state index < -0.39 is 0 Å². The lowest BCUT2D eigenvalue weighted by Crippen LogP contribution is -2.35. The number of nitrogens with zero attached hydrogens (tertiary/aromatic N) is 2. The van der Waals surface area contributed by atoms with Crippen LogP contribution < -0.4 is 4.57 Å². The van der Waals surface area contributed by atoms with Gasteiger partial charge in [-0.2, -0.15) is 0 Å². The highest BCUT2D eigenvalue weighted by molar-refractivity contribution is 5.61. The van der Waals surface area contributed by atoms with Gasteiger partial charge in [-0.05, 0) is 6.07 Å². The van der Waals surface area contributed by atoms with Gasteiger partial charge in [0.1, 0.15) is 6.21 Å². The number of pyridine rings is 1. The van der Waals surface area contributed by atoms with Crippen molar-refractivity contribution in [3.05, 3.63) is 24.4 Å². The second-order valence-corrected chi connectivity index (χ2v) is 2.35. The highest BCUT2D eigenvalue weighted by Gasteiger charge is 2.09. The molecule has 50 valence electrons. The molecular formula is C8H9N2+. The number of fused-ring (bicyclic) bond motifs is 1. The van der Waals surface area contributed by atoms with E-state index in [-0.39, 0.29) is 0 Å². The molecule has 0 fully saturated rings. The van der Waals surface area contributed by atoms with E-state index in [2.05, 4.69) is 15.8 Å². The minimum absolute atomic E-state index is 1.06. The summed E-state index contributed by atoms with van der Waals surface area (Å²) in [6.07, 6.45) is 5.09. The van der Waals surface area contributed by atoms with Gasteiger partial charge >= 0.3 is 5.82 Å². The molecule has 0 N–H and O–H groups in total. The van der Waals surface area contributed by atoms with E-state index in [0.29, 0.717) is 0 Å². The third kappa shape index (κ3) is 0.817. The van der Waals surface area contributed by atoms with Gasteiger partial charge in [0, 0.05) is 12.5 Å². The summed E-state index contributed by atoms with van der Waals surface area (Å²) in [4.78, 5) is 4.23. The van der Waals surface area contributed by atoms with Gasteiger partial charge in [0.15, 0.2) is 0 Å². The maximum Gasteiger partial charge on any atom is 0.322 e. The molecule has 2 rings (SSSR count). The first kappa shape index (κ1) is 5.59. The van der Waals surface area contributed by atoms with Crippen molar-refractivity contribution in [2.24, 2.45) is 4.99 Å². The van der Waals surface area contributed by atoms with Gasteiger partial charge in [-0.1, -0.05) is 11.1 Å². The zero-order valence-corrected chi connectivity index (χ0v) is 5.70. The molecule has 0 amide bonds. The van der Waals surface area contributed by atoms with Crippen LogP contribution >= 0.6 is 0 Å². The fraction of sp³-hybridized carbons (Fsp3) is 0.250. The Balaban J connectivity index is 2.54. The van der Waals surface area contributed by atoms with Crippen LogP contribution in [0.3, 0.4) is 0 Å². The number of aryl methyl sites for hydroxylation is 1. The molecule has 10 heavy (non-hydrogen) atoms. The van der Waals surface area contributed by atoms with Crippen LogP contribution in [0.2, 0.25) is 0 Å². The molecule has 0 radical (unpaired) electrons. The van der Waals surface area contributed by atoms with E-state index in [4.69, 9.17) is 0 Å². The minimum atomic E-state index is 1.06. The molecule has 0 bridgehead atoms. The van der Waals surface area contributed by atoms with Crippen molar-refractivity contribution < 1.29 is 4.57 Å². The normalized spacial score (nSPS) is 14.8. The number of hydrogen-bond donors (Lipinski definition) is 0. The molecule has 1 aromatic rings. The Bertz CT molecular complexity index is 266. The van der Waals surface area contributed by atoms with Gasteiger partial charge in [-0.3, -0.25) is 0 Å². The Kier molecular flexibility index (Phi) is 1.24. The summed E-state index contributed by atoms with van der Waals surface area (Å²) in [5.41, 5.74) is 0. The summed E-state index contributed by atoms with van der Waals surface area (Å²) < 4.78 is 2.15. The van der Waals surface area contributed by atoms with E-state index in [9.17, 15) is 0 Å². The fourth-order valence-electron chi connectivity index (χ4n) is 1.13. The molecule has 0 spiro atoms. The molecule has 0 atom stereocenters. The molecule has 0 aromatic carbocycles. The maximum atomic E-state index is 4.23. The van der Waals surface area contributed by atoms with Crippen LogP contribution in [0.1, 0.15) is 6.42 Å². The van der Waals surface area contributed by atoms with Crippen LogP contribution in [0.25, 0.3) is 0 Å². The van der Waals surface area contributed by atoms with Crippen molar-refractivity contribution >= 4 is 12.0 Å². The third-order valence-electron chi connectivity index (χ3n) is 1.64. The Morgan fingerprint density at radius 1 is 1.40 bits per heavy atom. The van der Waals surface area contributed by atoms with Crippen LogP contribution in [0.15, 0.2) is 29.4 Å². The standard InChI is InChI=1S/C8H9N2/c1-2-6-10-7-3-5-9-8(10)4-1/h1-2,4-6H,3,7H2/q+1. The summed E-state index contributed by atoms with van der Waals surface area (Å²) >= 11 is 0. The number of aliphatic imine (C=N–C) groups is 1. The second kappa shape index (κ2) is 2.21. The van der Waals surface area contributed by atoms with E-state index in [1.807, 2.05) is 24.4 Å². The molecule has 0 aliphatic carbocycles. The molecule has 0 unspecified atom stereocenters. The maximum absolute atomic E-state index is 4.23. The highest BCUT2D eigenvalue weighted by atomic mass is 15.1. The average molecular weight is 133 g/mol. The van der Waals surface area contributed by atoms with Crippen molar-refractivity contribution in [1.82, 2.24) is 0 Å².